The third-order valence-corrected chi connectivity index (χ3v) is 1.59. The Balaban J connectivity index is 4.83. The Morgan fingerprint density at radius 3 is 1.94 bits per heavy atom. The van der Waals surface area contributed by atoms with Gasteiger partial charge in [-0.25, -0.2) is 9.59 Å². The van der Waals surface area contributed by atoms with E-state index in [0.29, 0.717) is 0 Å². The zero-order chi connectivity index (χ0) is 14.7. The molecule has 0 bridgehead atoms. The highest BCUT2D eigenvalue weighted by Crippen LogP contribution is 2.23. The number of halogens is 3. The number of carbonyl (C=O) groups excluding carboxylic acids is 1. The Morgan fingerprint density at radius 1 is 1.22 bits per heavy atom. The summed E-state index contributed by atoms with van der Waals surface area (Å²) in [5.74, 6) is -2.10. The first kappa shape index (κ1) is 16.5. The minimum Gasteiger partial charge on any atom is -0.479 e. The molecule has 0 aromatic carbocycles. The third-order valence-electron chi connectivity index (χ3n) is 1.59. The number of carbonyl (C=O) groups is 2. The van der Waals surface area contributed by atoms with E-state index in [1.165, 1.54) is 26.1 Å². The SMILES string of the molecule is CC(C)(C)OC(=O)N[C@H]([C@@H](O)C(=O)O)C(F)(F)F. The maximum absolute atomic E-state index is 12.4. The smallest absolute Gasteiger partial charge is 0.411 e. The predicted molar refractivity (Wildman–Crippen MR) is 52.9 cm³/mol. The molecule has 0 aromatic rings. The lowest BCUT2D eigenvalue weighted by atomic mass is 10.1. The number of hydrogen-bond acceptors (Lipinski definition) is 4. The summed E-state index contributed by atoms with van der Waals surface area (Å²) in [5, 5.41) is 18.5. The van der Waals surface area contributed by atoms with E-state index in [0.717, 1.165) is 0 Å². The van der Waals surface area contributed by atoms with Gasteiger partial charge >= 0.3 is 18.2 Å². The lowest BCUT2D eigenvalue weighted by Crippen LogP contribution is -2.56. The number of carboxylic acids is 1. The van der Waals surface area contributed by atoms with Crippen LogP contribution in [0.3, 0.4) is 0 Å². The van der Waals surface area contributed by atoms with Gasteiger partial charge in [-0.3, -0.25) is 0 Å². The number of aliphatic hydroxyl groups excluding tert-OH is 1. The summed E-state index contributed by atoms with van der Waals surface area (Å²) in [7, 11) is 0. The zero-order valence-corrected chi connectivity index (χ0v) is 9.91. The van der Waals surface area contributed by atoms with Gasteiger partial charge in [0.15, 0.2) is 12.1 Å². The molecule has 3 N–H and O–H groups in total. The molecule has 0 aliphatic carbocycles. The van der Waals surface area contributed by atoms with E-state index in [4.69, 9.17) is 10.2 Å². The van der Waals surface area contributed by atoms with Gasteiger partial charge in [0.1, 0.15) is 5.60 Å². The normalized spacial score (nSPS) is 15.7. The summed E-state index contributed by atoms with van der Waals surface area (Å²) in [5.41, 5.74) is -1.05. The van der Waals surface area contributed by atoms with Crippen molar-refractivity contribution in [2.24, 2.45) is 0 Å². The largest absolute Gasteiger partial charge is 0.479 e. The standard InChI is InChI=1S/C9H14F3NO5/c1-8(2,3)18-7(17)13-5(9(10,11)12)4(14)6(15)16/h4-5,14H,1-3H3,(H,13,17)(H,15,16)/t4-,5-/m1/s1. The highest BCUT2D eigenvalue weighted by molar-refractivity contribution is 5.75. The van der Waals surface area contributed by atoms with Gasteiger partial charge in [0.2, 0.25) is 0 Å². The Morgan fingerprint density at radius 2 is 1.67 bits per heavy atom. The average molecular weight is 273 g/mol. The van der Waals surface area contributed by atoms with Crippen LogP contribution in [0.15, 0.2) is 0 Å². The van der Waals surface area contributed by atoms with Crippen LogP contribution in [0.4, 0.5) is 18.0 Å². The molecule has 0 radical (unpaired) electrons. The number of alkyl carbamates (subject to hydrolysis) is 1. The van der Waals surface area contributed by atoms with Crippen LogP contribution in [0.2, 0.25) is 0 Å². The number of ether oxygens (including phenoxy) is 1. The highest BCUT2D eigenvalue weighted by atomic mass is 19.4. The Bertz CT molecular complexity index is 323. The first-order valence-corrected chi connectivity index (χ1v) is 4.81. The number of aliphatic carboxylic acids is 1. The second-order valence-corrected chi connectivity index (χ2v) is 4.45. The summed E-state index contributed by atoms with van der Waals surface area (Å²) in [6, 6.07) is -2.94. The van der Waals surface area contributed by atoms with Crippen molar-refractivity contribution in [3.8, 4) is 0 Å². The van der Waals surface area contributed by atoms with E-state index in [1.807, 2.05) is 0 Å². The number of amides is 1. The van der Waals surface area contributed by atoms with E-state index < -0.39 is 36.0 Å². The van der Waals surface area contributed by atoms with Crippen LogP contribution in [0.1, 0.15) is 20.8 Å². The maximum Gasteiger partial charge on any atom is 0.411 e. The average Bonchev–Trinajstić information content (AvgIpc) is 2.08. The van der Waals surface area contributed by atoms with Gasteiger partial charge in [-0.2, -0.15) is 13.2 Å². The molecule has 9 heteroatoms. The highest BCUT2D eigenvalue weighted by Gasteiger charge is 2.48. The van der Waals surface area contributed by atoms with Gasteiger partial charge in [-0.15, -0.1) is 0 Å². The first-order chi connectivity index (χ1) is 7.84. The van der Waals surface area contributed by atoms with Crippen molar-refractivity contribution in [1.29, 1.82) is 0 Å². The summed E-state index contributed by atoms with van der Waals surface area (Å²) >= 11 is 0. The van der Waals surface area contributed by atoms with Crippen LogP contribution < -0.4 is 5.32 Å². The molecule has 6 nitrogen and oxygen atoms in total. The quantitative estimate of drug-likeness (QED) is 0.709. The van der Waals surface area contributed by atoms with Gasteiger partial charge in [0, 0.05) is 0 Å². The van der Waals surface area contributed by atoms with Gasteiger partial charge in [-0.1, -0.05) is 0 Å². The van der Waals surface area contributed by atoms with E-state index in [2.05, 4.69) is 4.74 Å². The lowest BCUT2D eigenvalue weighted by Gasteiger charge is -2.26. The van der Waals surface area contributed by atoms with Crippen molar-refractivity contribution >= 4 is 12.1 Å². The fraction of sp³-hybridized carbons (Fsp3) is 0.778. The maximum atomic E-state index is 12.4. The molecule has 2 atom stereocenters. The second kappa shape index (κ2) is 5.42. The summed E-state index contributed by atoms with van der Waals surface area (Å²) in [4.78, 5) is 21.4. The van der Waals surface area contributed by atoms with Crippen molar-refractivity contribution in [3.63, 3.8) is 0 Å². The molecule has 0 spiro atoms. The first-order valence-electron chi connectivity index (χ1n) is 4.81. The fourth-order valence-corrected chi connectivity index (χ4v) is 0.917. The molecular formula is C9H14F3NO5. The van der Waals surface area contributed by atoms with Gasteiger partial charge < -0.3 is 20.3 Å². The monoisotopic (exact) mass is 273 g/mol. The van der Waals surface area contributed by atoms with Gasteiger partial charge in [0.25, 0.3) is 0 Å². The van der Waals surface area contributed by atoms with Crippen molar-refractivity contribution in [1.82, 2.24) is 5.32 Å². The number of carboxylic acid groups (broad SMARTS) is 1. The molecular weight excluding hydrogens is 259 g/mol. The second-order valence-electron chi connectivity index (χ2n) is 4.45. The summed E-state index contributed by atoms with van der Waals surface area (Å²) in [6.07, 6.45) is -9.39. The van der Waals surface area contributed by atoms with Crippen molar-refractivity contribution < 1.29 is 37.7 Å². The molecule has 0 unspecified atom stereocenters. The molecule has 106 valence electrons. The molecule has 0 aliphatic rings. The zero-order valence-electron chi connectivity index (χ0n) is 9.91. The van der Waals surface area contributed by atoms with Crippen molar-refractivity contribution in [3.05, 3.63) is 0 Å². The van der Waals surface area contributed by atoms with E-state index in [9.17, 15) is 22.8 Å². The predicted octanol–water partition coefficient (Wildman–Crippen LogP) is 0.887. The van der Waals surface area contributed by atoms with Crippen molar-refractivity contribution in [2.75, 3.05) is 0 Å². The number of alkyl halides is 3. The van der Waals surface area contributed by atoms with Crippen molar-refractivity contribution in [2.45, 2.75) is 44.7 Å². The van der Waals surface area contributed by atoms with Crippen LogP contribution in [0.25, 0.3) is 0 Å². The topological polar surface area (TPSA) is 95.9 Å². The molecule has 0 heterocycles. The molecule has 0 saturated carbocycles. The lowest BCUT2D eigenvalue weighted by molar-refractivity contribution is -0.188. The molecule has 18 heavy (non-hydrogen) atoms. The molecule has 1 amide bonds. The van der Waals surface area contributed by atoms with E-state index >= 15 is 0 Å². The fourth-order valence-electron chi connectivity index (χ4n) is 0.917. The number of aliphatic hydroxyl groups is 1. The van der Waals surface area contributed by atoms with Crippen LogP contribution >= 0.6 is 0 Å². The Kier molecular flexibility index (Phi) is 4.97. The van der Waals surface area contributed by atoms with Crippen LogP contribution in [0, 0.1) is 0 Å². The number of rotatable bonds is 3. The molecule has 0 saturated heterocycles. The third kappa shape index (κ3) is 5.71. The van der Waals surface area contributed by atoms with Gasteiger partial charge in [0.05, 0.1) is 0 Å². The van der Waals surface area contributed by atoms with E-state index in [-0.39, 0.29) is 0 Å². The van der Waals surface area contributed by atoms with Crippen LogP contribution in [0.5, 0.6) is 0 Å². The van der Waals surface area contributed by atoms with Crippen LogP contribution in [-0.4, -0.2) is 46.2 Å². The van der Waals surface area contributed by atoms with Crippen LogP contribution in [-0.2, 0) is 9.53 Å². The Hall–Kier alpha value is -1.51. The Labute approximate surface area is 101 Å². The molecule has 0 fully saturated rings. The summed E-state index contributed by atoms with van der Waals surface area (Å²) in [6.45, 7) is 4.26. The van der Waals surface area contributed by atoms with Gasteiger partial charge in [-0.05, 0) is 20.8 Å². The molecule has 0 aliphatic heterocycles. The number of nitrogens with one attached hydrogen (secondary N) is 1. The molecule has 0 aromatic heterocycles. The minimum absolute atomic E-state index is 1.05. The summed E-state index contributed by atoms with van der Waals surface area (Å²) < 4.78 is 41.8. The van der Waals surface area contributed by atoms with E-state index in [1.54, 1.807) is 0 Å². The number of hydrogen-bond donors (Lipinski definition) is 3. The minimum atomic E-state index is -5.12. The molecule has 0 rings (SSSR count).